The Labute approximate surface area is 127 Å². The maximum atomic E-state index is 12.0. The second-order valence-corrected chi connectivity index (χ2v) is 6.17. The van der Waals surface area contributed by atoms with Crippen molar-refractivity contribution >= 4 is 11.8 Å². The Hall–Kier alpha value is -1.14. The van der Waals surface area contributed by atoms with Gasteiger partial charge in [0.25, 0.3) is 0 Å². The van der Waals surface area contributed by atoms with E-state index in [2.05, 4.69) is 29.4 Å². The molecule has 1 fully saturated rings. The van der Waals surface area contributed by atoms with E-state index in [1.54, 1.807) is 0 Å². The van der Waals surface area contributed by atoms with E-state index in [0.717, 1.165) is 13.1 Å². The molecule has 1 heterocycles. The SMILES string of the molecule is CC(C)CN1CCNC(=O)C1CC(=O)NCCOC(C)C. The monoisotopic (exact) mass is 299 g/mol. The number of rotatable bonds is 8. The van der Waals surface area contributed by atoms with Crippen LogP contribution in [0.25, 0.3) is 0 Å². The molecule has 1 aliphatic rings. The number of hydrogen-bond acceptors (Lipinski definition) is 4. The first kappa shape index (κ1) is 17.9. The van der Waals surface area contributed by atoms with Gasteiger partial charge in [0.1, 0.15) is 0 Å². The summed E-state index contributed by atoms with van der Waals surface area (Å²) in [5.41, 5.74) is 0. The van der Waals surface area contributed by atoms with Crippen molar-refractivity contribution in [1.82, 2.24) is 15.5 Å². The van der Waals surface area contributed by atoms with E-state index in [1.807, 2.05) is 13.8 Å². The molecular weight excluding hydrogens is 270 g/mol. The topological polar surface area (TPSA) is 70.7 Å². The zero-order valence-corrected chi connectivity index (χ0v) is 13.6. The lowest BCUT2D eigenvalue weighted by atomic mass is 10.1. The molecule has 2 amide bonds. The molecule has 0 aromatic rings. The van der Waals surface area contributed by atoms with Crippen LogP contribution in [0.5, 0.6) is 0 Å². The van der Waals surface area contributed by atoms with Gasteiger partial charge in [-0.2, -0.15) is 0 Å². The lowest BCUT2D eigenvalue weighted by Crippen LogP contribution is -2.57. The largest absolute Gasteiger partial charge is 0.377 e. The van der Waals surface area contributed by atoms with Crippen molar-refractivity contribution in [2.75, 3.05) is 32.8 Å². The summed E-state index contributed by atoms with van der Waals surface area (Å²) in [5, 5.41) is 5.65. The van der Waals surface area contributed by atoms with Crippen LogP contribution < -0.4 is 10.6 Å². The van der Waals surface area contributed by atoms with Crippen LogP contribution >= 0.6 is 0 Å². The Morgan fingerprint density at radius 3 is 2.76 bits per heavy atom. The quantitative estimate of drug-likeness (QED) is 0.636. The second-order valence-electron chi connectivity index (χ2n) is 6.17. The van der Waals surface area contributed by atoms with Gasteiger partial charge < -0.3 is 15.4 Å². The minimum atomic E-state index is -0.354. The number of carbonyl (C=O) groups is 2. The molecule has 6 nitrogen and oxygen atoms in total. The van der Waals surface area contributed by atoms with Crippen LogP contribution in [-0.2, 0) is 14.3 Å². The highest BCUT2D eigenvalue weighted by Crippen LogP contribution is 2.11. The average molecular weight is 299 g/mol. The summed E-state index contributed by atoms with van der Waals surface area (Å²) in [4.78, 5) is 26.0. The number of carbonyl (C=O) groups excluding carboxylic acids is 2. The third-order valence-corrected chi connectivity index (χ3v) is 3.30. The number of ether oxygens (including phenoxy) is 1. The minimum absolute atomic E-state index is 0.0459. The van der Waals surface area contributed by atoms with Crippen molar-refractivity contribution in [3.05, 3.63) is 0 Å². The van der Waals surface area contributed by atoms with E-state index in [1.165, 1.54) is 0 Å². The third kappa shape index (κ3) is 6.91. The number of nitrogens with zero attached hydrogens (tertiary/aromatic N) is 1. The first-order chi connectivity index (χ1) is 9.90. The van der Waals surface area contributed by atoms with E-state index in [9.17, 15) is 9.59 Å². The van der Waals surface area contributed by atoms with Crippen molar-refractivity contribution < 1.29 is 14.3 Å². The van der Waals surface area contributed by atoms with Crippen molar-refractivity contribution in [2.45, 2.75) is 46.3 Å². The first-order valence-corrected chi connectivity index (χ1v) is 7.80. The lowest BCUT2D eigenvalue weighted by molar-refractivity contribution is -0.134. The van der Waals surface area contributed by atoms with Crippen LogP contribution in [-0.4, -0.2) is 61.6 Å². The third-order valence-electron chi connectivity index (χ3n) is 3.30. The van der Waals surface area contributed by atoms with Crippen LogP contribution in [0.4, 0.5) is 0 Å². The first-order valence-electron chi connectivity index (χ1n) is 7.80. The van der Waals surface area contributed by atoms with Crippen molar-refractivity contribution in [1.29, 1.82) is 0 Å². The summed E-state index contributed by atoms with van der Waals surface area (Å²) in [7, 11) is 0. The number of nitrogens with one attached hydrogen (secondary N) is 2. The molecule has 21 heavy (non-hydrogen) atoms. The summed E-state index contributed by atoms with van der Waals surface area (Å²) in [6.45, 7) is 11.4. The Morgan fingerprint density at radius 2 is 2.14 bits per heavy atom. The maximum Gasteiger partial charge on any atom is 0.237 e. The molecule has 0 saturated carbocycles. The van der Waals surface area contributed by atoms with Gasteiger partial charge in [-0.3, -0.25) is 14.5 Å². The highest BCUT2D eigenvalue weighted by Gasteiger charge is 2.31. The highest BCUT2D eigenvalue weighted by atomic mass is 16.5. The Bertz CT molecular complexity index is 345. The summed E-state index contributed by atoms with van der Waals surface area (Å²) in [5.74, 6) is 0.328. The predicted molar refractivity (Wildman–Crippen MR) is 81.9 cm³/mol. The molecule has 1 rings (SSSR count). The molecule has 2 N–H and O–H groups in total. The molecule has 1 atom stereocenters. The average Bonchev–Trinajstić information content (AvgIpc) is 2.38. The van der Waals surface area contributed by atoms with Crippen molar-refractivity contribution in [3.63, 3.8) is 0 Å². The summed E-state index contributed by atoms with van der Waals surface area (Å²) < 4.78 is 5.37. The van der Waals surface area contributed by atoms with Gasteiger partial charge in [-0.05, 0) is 19.8 Å². The Kier molecular flexibility index (Phi) is 7.67. The maximum absolute atomic E-state index is 12.0. The van der Waals surface area contributed by atoms with E-state index in [4.69, 9.17) is 4.74 Å². The van der Waals surface area contributed by atoms with Gasteiger partial charge >= 0.3 is 0 Å². The molecular formula is C15H29N3O3. The summed E-state index contributed by atoms with van der Waals surface area (Å²) >= 11 is 0. The molecule has 0 aromatic heterocycles. The van der Waals surface area contributed by atoms with Crippen molar-refractivity contribution in [3.8, 4) is 0 Å². The molecule has 0 radical (unpaired) electrons. The van der Waals surface area contributed by atoms with Crippen LogP contribution in [0.15, 0.2) is 0 Å². The van der Waals surface area contributed by atoms with Crippen LogP contribution in [0, 0.1) is 5.92 Å². The Balaban J connectivity index is 2.40. The molecule has 1 unspecified atom stereocenters. The van der Waals surface area contributed by atoms with Crippen LogP contribution in [0.1, 0.15) is 34.1 Å². The Morgan fingerprint density at radius 1 is 1.43 bits per heavy atom. The summed E-state index contributed by atoms with van der Waals surface area (Å²) in [6, 6.07) is -0.354. The minimum Gasteiger partial charge on any atom is -0.377 e. The number of hydrogen-bond donors (Lipinski definition) is 2. The zero-order chi connectivity index (χ0) is 15.8. The van der Waals surface area contributed by atoms with E-state index in [-0.39, 0.29) is 30.4 Å². The normalized spacial score (nSPS) is 19.9. The van der Waals surface area contributed by atoms with Gasteiger partial charge in [-0.25, -0.2) is 0 Å². The van der Waals surface area contributed by atoms with Gasteiger partial charge in [0.15, 0.2) is 0 Å². The molecule has 1 saturated heterocycles. The molecule has 1 aliphatic heterocycles. The number of piperazine rings is 1. The van der Waals surface area contributed by atoms with Crippen LogP contribution in [0.2, 0.25) is 0 Å². The van der Waals surface area contributed by atoms with Gasteiger partial charge in [0.2, 0.25) is 11.8 Å². The van der Waals surface area contributed by atoms with E-state index < -0.39 is 0 Å². The van der Waals surface area contributed by atoms with Crippen molar-refractivity contribution in [2.24, 2.45) is 5.92 Å². The zero-order valence-electron chi connectivity index (χ0n) is 13.6. The second kappa shape index (κ2) is 9.00. The summed E-state index contributed by atoms with van der Waals surface area (Å²) in [6.07, 6.45) is 0.368. The van der Waals surface area contributed by atoms with Gasteiger partial charge in [-0.1, -0.05) is 13.8 Å². The van der Waals surface area contributed by atoms with Crippen LogP contribution in [0.3, 0.4) is 0 Å². The molecule has 122 valence electrons. The molecule has 6 heteroatoms. The van der Waals surface area contributed by atoms with Gasteiger partial charge in [0.05, 0.1) is 25.2 Å². The van der Waals surface area contributed by atoms with E-state index in [0.29, 0.717) is 25.6 Å². The van der Waals surface area contributed by atoms with Gasteiger partial charge in [0, 0.05) is 26.2 Å². The smallest absolute Gasteiger partial charge is 0.237 e. The fourth-order valence-corrected chi connectivity index (χ4v) is 2.40. The molecule has 0 bridgehead atoms. The fraction of sp³-hybridized carbons (Fsp3) is 0.867. The fourth-order valence-electron chi connectivity index (χ4n) is 2.40. The molecule has 0 spiro atoms. The lowest BCUT2D eigenvalue weighted by Gasteiger charge is -2.35. The number of amides is 2. The molecule has 0 aliphatic carbocycles. The predicted octanol–water partition coefficient (Wildman–Crippen LogP) is 0.374. The van der Waals surface area contributed by atoms with Gasteiger partial charge in [-0.15, -0.1) is 0 Å². The molecule has 0 aromatic carbocycles. The van der Waals surface area contributed by atoms with E-state index >= 15 is 0 Å². The standard InChI is InChI=1S/C15H29N3O3/c1-11(2)10-18-7-5-17-15(20)13(18)9-14(19)16-6-8-21-12(3)4/h11-13H,5-10H2,1-4H3,(H,16,19)(H,17,20). The highest BCUT2D eigenvalue weighted by molar-refractivity contribution is 5.88.